The first-order valence-corrected chi connectivity index (χ1v) is 8.40. The molecule has 1 fully saturated rings. The average Bonchev–Trinajstić information content (AvgIpc) is 2.97. The maximum Gasteiger partial charge on any atom is 0.238 e. The van der Waals surface area contributed by atoms with Gasteiger partial charge in [-0.05, 0) is 24.6 Å². The third-order valence-electron chi connectivity index (χ3n) is 4.26. The minimum atomic E-state index is -0.0677. The maximum atomic E-state index is 12.5. The van der Waals surface area contributed by atoms with Crippen molar-refractivity contribution in [1.82, 2.24) is 19.8 Å². The molecule has 1 aromatic heterocycles. The van der Waals surface area contributed by atoms with Crippen molar-refractivity contribution in [3.8, 4) is 0 Å². The molecule has 1 aromatic carbocycles. The highest BCUT2D eigenvalue weighted by Crippen LogP contribution is 2.24. The van der Waals surface area contributed by atoms with Gasteiger partial charge >= 0.3 is 0 Å². The Morgan fingerprint density at radius 2 is 2.33 bits per heavy atom. The third-order valence-corrected chi connectivity index (χ3v) is 4.57. The maximum absolute atomic E-state index is 12.5. The number of anilines is 1. The highest BCUT2D eigenvalue weighted by atomic mass is 35.5. The number of aromatic nitrogens is 2. The number of aryl methyl sites for hydroxylation is 2. The SMILES string of the molecule is Cc1ccc(NC(=O)CN2CCNCC2c2nccn2C)c(Cl)c1. The molecule has 0 saturated carbocycles. The van der Waals surface area contributed by atoms with E-state index < -0.39 is 0 Å². The number of amides is 1. The van der Waals surface area contributed by atoms with Gasteiger partial charge in [0.25, 0.3) is 0 Å². The number of hydrogen-bond donors (Lipinski definition) is 2. The molecule has 0 bridgehead atoms. The molecule has 6 nitrogen and oxygen atoms in total. The number of rotatable bonds is 4. The molecule has 1 aliphatic rings. The highest BCUT2D eigenvalue weighted by molar-refractivity contribution is 6.33. The molecule has 7 heteroatoms. The van der Waals surface area contributed by atoms with E-state index in [1.54, 1.807) is 6.20 Å². The molecule has 1 amide bonds. The molecule has 1 atom stereocenters. The summed E-state index contributed by atoms with van der Waals surface area (Å²) >= 11 is 6.20. The number of nitrogens with zero attached hydrogens (tertiary/aromatic N) is 3. The van der Waals surface area contributed by atoms with Crippen LogP contribution in [-0.4, -0.2) is 46.5 Å². The summed E-state index contributed by atoms with van der Waals surface area (Å²) in [5, 5.41) is 6.84. The van der Waals surface area contributed by atoms with Crippen LogP contribution in [-0.2, 0) is 11.8 Å². The second kappa shape index (κ2) is 7.34. The lowest BCUT2D eigenvalue weighted by molar-refractivity contribution is -0.118. The fraction of sp³-hybridized carbons (Fsp3) is 0.412. The standard InChI is InChI=1S/C17H22ClN5O/c1-12-3-4-14(13(18)9-12)21-16(24)11-23-8-5-19-10-15(23)17-20-6-7-22(17)2/h3-4,6-7,9,15,19H,5,8,10-11H2,1-2H3,(H,21,24). The Labute approximate surface area is 146 Å². The number of nitrogens with one attached hydrogen (secondary N) is 2. The lowest BCUT2D eigenvalue weighted by Crippen LogP contribution is -2.49. The number of imidazole rings is 1. The molecule has 24 heavy (non-hydrogen) atoms. The third kappa shape index (κ3) is 3.77. The zero-order valence-corrected chi connectivity index (χ0v) is 14.7. The van der Waals surface area contributed by atoms with Crippen molar-refractivity contribution >= 4 is 23.2 Å². The van der Waals surface area contributed by atoms with Crippen LogP contribution in [0.1, 0.15) is 17.4 Å². The van der Waals surface area contributed by atoms with E-state index in [0.29, 0.717) is 17.3 Å². The summed E-state index contributed by atoms with van der Waals surface area (Å²) in [7, 11) is 1.97. The second-order valence-electron chi connectivity index (χ2n) is 6.12. The normalized spacial score (nSPS) is 18.5. The fourth-order valence-corrected chi connectivity index (χ4v) is 3.27. The van der Waals surface area contributed by atoms with Crippen molar-refractivity contribution in [2.45, 2.75) is 13.0 Å². The Morgan fingerprint density at radius 1 is 1.50 bits per heavy atom. The molecule has 1 aliphatic heterocycles. The Morgan fingerprint density at radius 3 is 3.04 bits per heavy atom. The van der Waals surface area contributed by atoms with Crippen molar-refractivity contribution in [3.63, 3.8) is 0 Å². The van der Waals surface area contributed by atoms with Gasteiger partial charge in [-0.25, -0.2) is 4.98 Å². The van der Waals surface area contributed by atoms with Crippen LogP contribution >= 0.6 is 11.6 Å². The molecular weight excluding hydrogens is 326 g/mol. The van der Waals surface area contributed by atoms with E-state index in [4.69, 9.17) is 11.6 Å². The Bertz CT molecular complexity index is 730. The van der Waals surface area contributed by atoms with Crippen molar-refractivity contribution in [3.05, 3.63) is 47.0 Å². The van der Waals surface area contributed by atoms with Gasteiger partial charge in [0.1, 0.15) is 5.82 Å². The zero-order chi connectivity index (χ0) is 17.1. The summed E-state index contributed by atoms with van der Waals surface area (Å²) in [4.78, 5) is 19.0. The number of piperazine rings is 1. The first kappa shape index (κ1) is 17.0. The Balaban J connectivity index is 1.69. The molecule has 1 saturated heterocycles. The summed E-state index contributed by atoms with van der Waals surface area (Å²) in [5.41, 5.74) is 1.71. The lowest BCUT2D eigenvalue weighted by atomic mass is 10.1. The molecule has 0 spiro atoms. The van der Waals surface area contributed by atoms with Crippen LogP contribution in [0, 0.1) is 6.92 Å². The molecule has 2 N–H and O–H groups in total. The minimum Gasteiger partial charge on any atom is -0.337 e. The van der Waals surface area contributed by atoms with E-state index in [9.17, 15) is 4.79 Å². The van der Waals surface area contributed by atoms with Gasteiger partial charge in [-0.1, -0.05) is 17.7 Å². The average molecular weight is 348 g/mol. The van der Waals surface area contributed by atoms with Gasteiger partial charge in [0.15, 0.2) is 0 Å². The van der Waals surface area contributed by atoms with E-state index in [1.807, 2.05) is 42.9 Å². The van der Waals surface area contributed by atoms with Crippen molar-refractivity contribution in [2.24, 2.45) is 7.05 Å². The van der Waals surface area contributed by atoms with Crippen molar-refractivity contribution in [1.29, 1.82) is 0 Å². The largest absolute Gasteiger partial charge is 0.337 e. The van der Waals surface area contributed by atoms with Crippen LogP contribution in [0.15, 0.2) is 30.6 Å². The van der Waals surface area contributed by atoms with Crippen LogP contribution in [0.4, 0.5) is 5.69 Å². The number of hydrogen-bond acceptors (Lipinski definition) is 4. The fourth-order valence-electron chi connectivity index (χ4n) is 2.98. The van der Waals surface area contributed by atoms with E-state index in [2.05, 4.69) is 20.5 Å². The number of carbonyl (C=O) groups is 1. The van der Waals surface area contributed by atoms with Crippen LogP contribution in [0.5, 0.6) is 0 Å². The van der Waals surface area contributed by atoms with E-state index in [0.717, 1.165) is 31.0 Å². The molecule has 3 rings (SSSR count). The molecule has 128 valence electrons. The first-order chi connectivity index (χ1) is 11.5. The highest BCUT2D eigenvalue weighted by Gasteiger charge is 2.28. The van der Waals surface area contributed by atoms with Gasteiger partial charge in [0.05, 0.1) is 23.3 Å². The number of carbonyl (C=O) groups excluding carboxylic acids is 1. The van der Waals surface area contributed by atoms with Gasteiger partial charge < -0.3 is 15.2 Å². The van der Waals surface area contributed by atoms with Crippen LogP contribution < -0.4 is 10.6 Å². The van der Waals surface area contributed by atoms with Crippen molar-refractivity contribution < 1.29 is 4.79 Å². The van der Waals surface area contributed by atoms with Gasteiger partial charge in [-0.2, -0.15) is 0 Å². The molecule has 2 heterocycles. The topological polar surface area (TPSA) is 62.2 Å². The lowest BCUT2D eigenvalue weighted by Gasteiger charge is -2.35. The molecule has 2 aromatic rings. The van der Waals surface area contributed by atoms with Gasteiger partial charge in [0, 0.05) is 39.1 Å². The minimum absolute atomic E-state index is 0.0677. The molecule has 0 radical (unpaired) electrons. The van der Waals surface area contributed by atoms with Crippen molar-refractivity contribution in [2.75, 3.05) is 31.5 Å². The summed E-state index contributed by atoms with van der Waals surface area (Å²) in [5.74, 6) is 0.894. The van der Waals surface area contributed by atoms with E-state index in [-0.39, 0.29) is 11.9 Å². The summed E-state index contributed by atoms with van der Waals surface area (Å²) < 4.78 is 2.00. The quantitative estimate of drug-likeness (QED) is 0.887. The van der Waals surface area contributed by atoms with Crippen LogP contribution in [0.3, 0.4) is 0 Å². The molecule has 1 unspecified atom stereocenters. The van der Waals surface area contributed by atoms with Crippen LogP contribution in [0.25, 0.3) is 0 Å². The monoisotopic (exact) mass is 347 g/mol. The smallest absolute Gasteiger partial charge is 0.238 e. The van der Waals surface area contributed by atoms with E-state index >= 15 is 0 Å². The number of halogens is 1. The summed E-state index contributed by atoms with van der Waals surface area (Å²) in [6.45, 7) is 4.72. The summed E-state index contributed by atoms with van der Waals surface area (Å²) in [6, 6.07) is 5.70. The first-order valence-electron chi connectivity index (χ1n) is 8.02. The van der Waals surface area contributed by atoms with Gasteiger partial charge in [-0.15, -0.1) is 0 Å². The Hall–Kier alpha value is -1.89. The van der Waals surface area contributed by atoms with Gasteiger partial charge in [-0.3, -0.25) is 9.69 Å². The van der Waals surface area contributed by atoms with E-state index in [1.165, 1.54) is 0 Å². The predicted octanol–water partition coefficient (Wildman–Crippen LogP) is 1.97. The Kier molecular flexibility index (Phi) is 5.18. The molecular formula is C17H22ClN5O. The number of benzene rings is 1. The second-order valence-corrected chi connectivity index (χ2v) is 6.53. The van der Waals surface area contributed by atoms with Crippen LogP contribution in [0.2, 0.25) is 5.02 Å². The summed E-state index contributed by atoms with van der Waals surface area (Å²) in [6.07, 6.45) is 3.71. The van der Waals surface area contributed by atoms with Gasteiger partial charge in [0.2, 0.25) is 5.91 Å². The molecule has 0 aliphatic carbocycles. The zero-order valence-electron chi connectivity index (χ0n) is 13.9. The predicted molar refractivity (Wildman–Crippen MR) is 95.2 cm³/mol.